The zero-order valence-corrected chi connectivity index (χ0v) is 46.3. The van der Waals surface area contributed by atoms with Gasteiger partial charge in [0.2, 0.25) is 0 Å². The van der Waals surface area contributed by atoms with E-state index >= 15 is 0 Å². The molecule has 0 fully saturated rings. The highest BCUT2D eigenvalue weighted by Gasteiger charge is 2.35. The smallest absolute Gasteiger partial charge is 0.147 e. The minimum atomic E-state index is -0.198. The Balaban J connectivity index is 1.47. The Labute approximate surface area is 434 Å². The van der Waals surface area contributed by atoms with E-state index in [0.29, 0.717) is 52.9 Å². The first kappa shape index (κ1) is 52.3. The van der Waals surface area contributed by atoms with E-state index in [9.17, 15) is 0 Å². The fraction of sp³-hybridized carbons (Fsp3) is 0.448. The highest BCUT2D eigenvalue weighted by molar-refractivity contribution is 8.04. The summed E-state index contributed by atoms with van der Waals surface area (Å²) in [7, 11) is 0. The van der Waals surface area contributed by atoms with Gasteiger partial charge >= 0.3 is 0 Å². The van der Waals surface area contributed by atoms with Crippen LogP contribution in [0, 0.1) is 5.41 Å². The summed E-state index contributed by atoms with van der Waals surface area (Å²) < 4.78 is 40.7. The predicted molar refractivity (Wildman–Crippen MR) is 289 cm³/mol. The monoisotopic (exact) mass is 1020 g/mol. The molecule has 8 nitrogen and oxygen atoms in total. The third kappa shape index (κ3) is 13.1. The molecule has 2 aromatic heterocycles. The van der Waals surface area contributed by atoms with Gasteiger partial charge in [-0.1, -0.05) is 136 Å². The van der Waals surface area contributed by atoms with Gasteiger partial charge in [0.05, 0.1) is 77.3 Å². The second kappa shape index (κ2) is 22.0. The van der Waals surface area contributed by atoms with E-state index in [0.717, 1.165) is 75.1 Å². The third-order valence-electron chi connectivity index (χ3n) is 12.3. The van der Waals surface area contributed by atoms with Gasteiger partial charge in [-0.15, -0.1) is 11.8 Å². The first-order valence-corrected chi connectivity index (χ1v) is 27.7. The van der Waals surface area contributed by atoms with Crippen LogP contribution in [-0.2, 0) is 43.7 Å². The summed E-state index contributed by atoms with van der Waals surface area (Å²) in [6.45, 7) is 30.5. The Bertz CT molecular complexity index is 2700. The molecule has 1 aliphatic carbocycles. The summed E-state index contributed by atoms with van der Waals surface area (Å²) in [5.41, 5.74) is 5.95. The van der Waals surface area contributed by atoms with Crippen molar-refractivity contribution in [3.05, 3.63) is 136 Å². The molecule has 0 spiro atoms. The maximum atomic E-state index is 7.12. The number of hydrogen-bond acceptors (Lipinski definition) is 12. The second-order valence-electron chi connectivity index (χ2n) is 22.1. The maximum absolute atomic E-state index is 7.12. The van der Waals surface area contributed by atoms with Crippen LogP contribution in [0.25, 0.3) is 0 Å². The summed E-state index contributed by atoms with van der Waals surface area (Å²) in [6.07, 6.45) is 6.81. The largest absolute Gasteiger partial charge is 0.493 e. The lowest BCUT2D eigenvalue weighted by Gasteiger charge is -2.34. The van der Waals surface area contributed by atoms with Gasteiger partial charge in [0.25, 0.3) is 0 Å². The Kier molecular flexibility index (Phi) is 16.4. The van der Waals surface area contributed by atoms with E-state index in [4.69, 9.17) is 33.4 Å². The second-order valence-corrected chi connectivity index (χ2v) is 26.6. The number of pyridine rings is 2. The molecule has 10 bridgehead atoms. The van der Waals surface area contributed by atoms with Gasteiger partial charge < -0.3 is 28.4 Å². The van der Waals surface area contributed by atoms with Gasteiger partial charge in [-0.25, -0.2) is 0 Å². The van der Waals surface area contributed by atoms with E-state index in [1.54, 1.807) is 35.3 Å². The Morgan fingerprint density at radius 2 is 0.957 bits per heavy atom. The van der Waals surface area contributed by atoms with Crippen molar-refractivity contribution in [2.45, 2.75) is 154 Å². The lowest BCUT2D eigenvalue weighted by atomic mass is 9.81. The fourth-order valence-electron chi connectivity index (χ4n) is 8.03. The first-order valence-electron chi connectivity index (χ1n) is 24.4. The highest BCUT2D eigenvalue weighted by atomic mass is 32.2. The van der Waals surface area contributed by atoms with Crippen LogP contribution in [0.15, 0.2) is 137 Å². The average molecular weight is 1020 g/mol. The summed E-state index contributed by atoms with van der Waals surface area (Å²) in [6, 6.07) is 25.9. The number of benzene rings is 3. The van der Waals surface area contributed by atoms with Crippen molar-refractivity contribution in [1.82, 2.24) is 9.97 Å². The Morgan fingerprint density at radius 3 is 1.43 bits per heavy atom. The predicted octanol–water partition coefficient (Wildman–Crippen LogP) is 15.4. The van der Waals surface area contributed by atoms with Crippen molar-refractivity contribution in [2.24, 2.45) is 5.41 Å². The van der Waals surface area contributed by atoms with Crippen molar-refractivity contribution in [2.75, 3.05) is 39.6 Å². The first-order chi connectivity index (χ1) is 33.2. The van der Waals surface area contributed by atoms with Crippen LogP contribution in [0.5, 0.6) is 17.2 Å². The summed E-state index contributed by atoms with van der Waals surface area (Å²) in [4.78, 5) is 16.5. The minimum Gasteiger partial charge on any atom is -0.493 e. The van der Waals surface area contributed by atoms with Crippen molar-refractivity contribution >= 4 is 47.0 Å². The van der Waals surface area contributed by atoms with E-state index in [-0.39, 0.29) is 26.9 Å². The average Bonchev–Trinajstić information content (AvgIpc) is 3.29. The molecule has 1 unspecified atom stereocenters. The zero-order chi connectivity index (χ0) is 49.8. The number of thioether (sulfide) groups is 2. The van der Waals surface area contributed by atoms with Crippen molar-refractivity contribution < 1.29 is 28.4 Å². The topological polar surface area (TPSA) is 81.2 Å². The van der Waals surface area contributed by atoms with Gasteiger partial charge in [-0.3, -0.25) is 9.97 Å². The van der Waals surface area contributed by atoms with E-state index in [1.807, 2.05) is 60.6 Å². The molecular formula is C58H70N2O6S4. The molecule has 2 aliphatic heterocycles. The SMILES string of the molecule is CC(C)(C)C1=CC2=C3OCCOCCOCCOc4c(cc(C(C)(C)C)cc4Sc4cc(C(C)(C)C)cc(c4OCc4ccccn4)SC3C1)Sc1cc(C(C)(C)C)cc(c1OCc1ccccn1)S2. The van der Waals surface area contributed by atoms with Gasteiger partial charge in [0, 0.05) is 12.4 Å². The van der Waals surface area contributed by atoms with Gasteiger partial charge in [-0.05, 0) is 112 Å². The Hall–Kier alpha value is -4.04. The summed E-state index contributed by atoms with van der Waals surface area (Å²) in [5.74, 6) is 3.32. The molecular weight excluding hydrogens is 949 g/mol. The number of fused-ring (bicyclic) bond motifs is 2. The molecule has 5 aromatic rings. The van der Waals surface area contributed by atoms with Gasteiger partial charge in [-0.2, -0.15) is 0 Å². The minimum absolute atomic E-state index is 0.113. The molecule has 0 N–H and O–H groups in total. The summed E-state index contributed by atoms with van der Waals surface area (Å²) >= 11 is 6.96. The molecule has 1 atom stereocenters. The van der Waals surface area contributed by atoms with E-state index in [2.05, 4.69) is 131 Å². The third-order valence-corrected chi connectivity index (χ3v) is 16.7. The van der Waals surface area contributed by atoms with Crippen LogP contribution < -0.4 is 14.2 Å². The van der Waals surface area contributed by atoms with Gasteiger partial charge in [0.15, 0.2) is 0 Å². The highest BCUT2D eigenvalue weighted by Crippen LogP contribution is 2.56. The standard InChI is InChI=1S/C58H70N2O6S4/c1-55(2,3)37-27-43-51-44(28-37)68-48-32-40(58(10,11)12)34-50(54(48)66-36-42-18-14-16-20-60-42)70-46-30-38(56(4,5)6)29-45(52(46)64-26-24-62-22-21-61-23-25-63-51)69-49-33-39(57(7,8)9)31-47(67-43)53(49)65-35-41-17-13-15-19-59-41/h13-20,27-29,31-34,46H,21-26,30,35-36H2,1-12H3. The molecule has 12 heteroatoms. The number of rotatable bonds is 6. The fourth-order valence-corrected chi connectivity index (χ4v) is 13.1. The Morgan fingerprint density at radius 1 is 0.514 bits per heavy atom. The molecule has 0 radical (unpaired) electrons. The van der Waals surface area contributed by atoms with Crippen LogP contribution in [0.1, 0.15) is 118 Å². The van der Waals surface area contributed by atoms with E-state index in [1.165, 1.54) is 22.3 Å². The number of nitrogens with zero attached hydrogens (tertiary/aromatic N) is 2. The van der Waals surface area contributed by atoms with Crippen LogP contribution in [0.3, 0.4) is 0 Å². The molecule has 0 saturated heterocycles. The van der Waals surface area contributed by atoms with Crippen molar-refractivity contribution in [3.8, 4) is 17.2 Å². The molecule has 372 valence electrons. The van der Waals surface area contributed by atoms with Crippen LogP contribution >= 0.6 is 47.0 Å². The number of aromatic nitrogens is 2. The molecule has 4 heterocycles. The lowest BCUT2D eigenvalue weighted by Crippen LogP contribution is -2.23. The maximum Gasteiger partial charge on any atom is 0.147 e. The molecule has 0 saturated carbocycles. The normalized spacial score (nSPS) is 17.5. The number of ether oxygens (including phenoxy) is 6. The molecule has 0 amide bonds. The zero-order valence-electron chi connectivity index (χ0n) is 43.1. The van der Waals surface area contributed by atoms with Crippen molar-refractivity contribution in [1.29, 1.82) is 0 Å². The van der Waals surface area contributed by atoms with Crippen LogP contribution in [0.4, 0.5) is 0 Å². The van der Waals surface area contributed by atoms with Crippen molar-refractivity contribution in [3.63, 3.8) is 0 Å². The summed E-state index contributed by atoms with van der Waals surface area (Å²) in [5, 5.41) is -0.113. The van der Waals surface area contributed by atoms with Gasteiger partial charge in [0.1, 0.15) is 49.4 Å². The van der Waals surface area contributed by atoms with E-state index < -0.39 is 0 Å². The molecule has 3 aromatic carbocycles. The van der Waals surface area contributed by atoms with Crippen LogP contribution in [-0.4, -0.2) is 54.9 Å². The quantitative estimate of drug-likeness (QED) is 0.162. The molecule has 70 heavy (non-hydrogen) atoms. The number of hydrogen-bond donors (Lipinski definition) is 0. The lowest BCUT2D eigenvalue weighted by molar-refractivity contribution is 0.0187. The molecule has 8 rings (SSSR count). The molecule has 3 aliphatic rings. The van der Waals surface area contributed by atoms with Crippen LogP contribution in [0.2, 0.25) is 0 Å². The number of allylic oxidation sites excluding steroid dienone is 2.